The summed E-state index contributed by atoms with van der Waals surface area (Å²) >= 11 is 0. The van der Waals surface area contributed by atoms with Gasteiger partial charge >= 0.3 is 5.97 Å². The summed E-state index contributed by atoms with van der Waals surface area (Å²) < 4.78 is 10.9. The van der Waals surface area contributed by atoms with Crippen LogP contribution in [-0.4, -0.2) is 11.0 Å². The molecule has 23 heavy (non-hydrogen) atoms. The van der Waals surface area contributed by atoms with E-state index in [0.717, 1.165) is 16.7 Å². The molecule has 4 nitrogen and oxygen atoms in total. The first-order valence-electron chi connectivity index (χ1n) is 7.37. The zero-order valence-electron chi connectivity index (χ0n) is 13.1. The minimum atomic E-state index is -0.378. The SMILES string of the molecule is Cc1cc(C)cc(C(=O)OCc2ncc(-c3ccccc3)o2)c1. The zero-order chi connectivity index (χ0) is 16.2. The van der Waals surface area contributed by atoms with Gasteiger partial charge in [0.15, 0.2) is 12.4 Å². The van der Waals surface area contributed by atoms with Crippen molar-refractivity contribution in [3.8, 4) is 11.3 Å². The molecule has 3 rings (SSSR count). The fraction of sp³-hybridized carbons (Fsp3) is 0.158. The number of benzene rings is 2. The molecule has 3 aromatic rings. The summed E-state index contributed by atoms with van der Waals surface area (Å²) in [6.07, 6.45) is 1.63. The quantitative estimate of drug-likeness (QED) is 0.674. The third-order valence-electron chi connectivity index (χ3n) is 3.40. The van der Waals surface area contributed by atoms with Gasteiger partial charge in [-0.25, -0.2) is 9.78 Å². The summed E-state index contributed by atoms with van der Waals surface area (Å²) in [6.45, 7) is 3.91. The van der Waals surface area contributed by atoms with E-state index in [-0.39, 0.29) is 12.6 Å². The van der Waals surface area contributed by atoms with Crippen LogP contribution in [0.2, 0.25) is 0 Å². The Bertz CT molecular complexity index is 801. The van der Waals surface area contributed by atoms with Crippen molar-refractivity contribution in [3.05, 3.63) is 77.3 Å². The Balaban J connectivity index is 1.67. The lowest BCUT2D eigenvalue weighted by Gasteiger charge is -2.05. The smallest absolute Gasteiger partial charge is 0.338 e. The van der Waals surface area contributed by atoms with Gasteiger partial charge in [-0.2, -0.15) is 0 Å². The molecular weight excluding hydrogens is 290 g/mol. The topological polar surface area (TPSA) is 52.3 Å². The Morgan fingerprint density at radius 2 is 1.78 bits per heavy atom. The van der Waals surface area contributed by atoms with Crippen LogP contribution in [0, 0.1) is 13.8 Å². The lowest BCUT2D eigenvalue weighted by molar-refractivity contribution is 0.0438. The van der Waals surface area contributed by atoms with E-state index in [2.05, 4.69) is 4.98 Å². The van der Waals surface area contributed by atoms with Crippen molar-refractivity contribution in [2.45, 2.75) is 20.5 Å². The normalized spacial score (nSPS) is 10.5. The summed E-state index contributed by atoms with van der Waals surface area (Å²) in [4.78, 5) is 16.3. The molecule has 2 aromatic carbocycles. The van der Waals surface area contributed by atoms with Crippen LogP contribution in [0.15, 0.2) is 59.1 Å². The third-order valence-corrected chi connectivity index (χ3v) is 3.40. The maximum Gasteiger partial charge on any atom is 0.338 e. The van der Waals surface area contributed by atoms with Gasteiger partial charge in [0.25, 0.3) is 0 Å². The summed E-state index contributed by atoms with van der Waals surface area (Å²) in [7, 11) is 0. The molecule has 1 heterocycles. The maximum atomic E-state index is 12.1. The number of oxazole rings is 1. The predicted octanol–water partition coefficient (Wildman–Crippen LogP) is 4.32. The second-order valence-electron chi connectivity index (χ2n) is 5.44. The van der Waals surface area contributed by atoms with E-state index >= 15 is 0 Å². The number of aromatic nitrogens is 1. The molecular formula is C19H17NO3. The Morgan fingerprint density at radius 1 is 1.09 bits per heavy atom. The minimum Gasteiger partial charge on any atom is -0.452 e. The summed E-state index contributed by atoms with van der Waals surface area (Å²) in [5.41, 5.74) is 3.53. The first kappa shape index (κ1) is 15.0. The van der Waals surface area contributed by atoms with Gasteiger partial charge in [0.05, 0.1) is 11.8 Å². The Hall–Kier alpha value is -2.88. The van der Waals surface area contributed by atoms with Crippen LogP contribution in [0.1, 0.15) is 27.4 Å². The average molecular weight is 307 g/mol. The molecule has 1 aromatic heterocycles. The van der Waals surface area contributed by atoms with Crippen LogP contribution in [0.4, 0.5) is 0 Å². The molecule has 0 bridgehead atoms. The molecule has 0 aliphatic heterocycles. The molecule has 0 aliphatic rings. The van der Waals surface area contributed by atoms with Crippen LogP contribution >= 0.6 is 0 Å². The third kappa shape index (κ3) is 3.66. The monoisotopic (exact) mass is 307 g/mol. The van der Waals surface area contributed by atoms with E-state index in [0.29, 0.717) is 17.2 Å². The molecule has 0 saturated heterocycles. The fourth-order valence-electron chi connectivity index (χ4n) is 2.42. The van der Waals surface area contributed by atoms with Gasteiger partial charge in [0.1, 0.15) is 0 Å². The van der Waals surface area contributed by atoms with Crippen molar-refractivity contribution in [1.29, 1.82) is 0 Å². The van der Waals surface area contributed by atoms with Crippen molar-refractivity contribution in [2.75, 3.05) is 0 Å². The molecule has 0 spiro atoms. The molecule has 0 unspecified atom stereocenters. The first-order valence-corrected chi connectivity index (χ1v) is 7.37. The molecule has 0 N–H and O–H groups in total. The summed E-state index contributed by atoms with van der Waals surface area (Å²) in [5, 5.41) is 0. The van der Waals surface area contributed by atoms with Crippen LogP contribution in [-0.2, 0) is 11.3 Å². The zero-order valence-corrected chi connectivity index (χ0v) is 13.1. The van der Waals surface area contributed by atoms with Gasteiger partial charge < -0.3 is 9.15 Å². The van der Waals surface area contributed by atoms with Crippen LogP contribution in [0.25, 0.3) is 11.3 Å². The standard InChI is InChI=1S/C19H17NO3/c1-13-8-14(2)10-16(9-13)19(21)22-12-18-20-11-17(23-18)15-6-4-3-5-7-15/h3-11H,12H2,1-2H3. The van der Waals surface area contributed by atoms with Crippen molar-refractivity contribution < 1.29 is 13.9 Å². The molecule has 0 radical (unpaired) electrons. The second kappa shape index (κ2) is 6.48. The van der Waals surface area contributed by atoms with E-state index in [1.54, 1.807) is 18.3 Å². The number of esters is 1. The lowest BCUT2D eigenvalue weighted by atomic mass is 10.1. The number of carbonyl (C=O) groups is 1. The summed E-state index contributed by atoms with van der Waals surface area (Å²) in [5.74, 6) is 0.654. The van der Waals surface area contributed by atoms with Gasteiger partial charge in [-0.3, -0.25) is 0 Å². The van der Waals surface area contributed by atoms with Gasteiger partial charge in [0.2, 0.25) is 5.89 Å². The van der Waals surface area contributed by atoms with Gasteiger partial charge in [0, 0.05) is 5.56 Å². The summed E-state index contributed by atoms with van der Waals surface area (Å²) in [6, 6.07) is 15.3. The lowest BCUT2D eigenvalue weighted by Crippen LogP contribution is -2.06. The number of ether oxygens (including phenoxy) is 1. The number of hydrogen-bond acceptors (Lipinski definition) is 4. The molecule has 0 aliphatic carbocycles. The highest BCUT2D eigenvalue weighted by Gasteiger charge is 2.11. The molecule has 4 heteroatoms. The minimum absolute atomic E-state index is 0.0126. The number of nitrogens with zero attached hydrogens (tertiary/aromatic N) is 1. The molecule has 116 valence electrons. The predicted molar refractivity (Wildman–Crippen MR) is 87.0 cm³/mol. The van der Waals surface area contributed by atoms with E-state index in [1.807, 2.05) is 50.2 Å². The van der Waals surface area contributed by atoms with Crippen LogP contribution in [0.3, 0.4) is 0 Å². The first-order chi connectivity index (χ1) is 11.1. The largest absolute Gasteiger partial charge is 0.452 e. The number of rotatable bonds is 4. The van der Waals surface area contributed by atoms with E-state index in [9.17, 15) is 4.79 Å². The Morgan fingerprint density at radius 3 is 2.48 bits per heavy atom. The van der Waals surface area contributed by atoms with E-state index in [1.165, 1.54) is 0 Å². The fourth-order valence-corrected chi connectivity index (χ4v) is 2.42. The number of aryl methyl sites for hydroxylation is 2. The van der Waals surface area contributed by atoms with Gasteiger partial charge in [-0.05, 0) is 26.0 Å². The van der Waals surface area contributed by atoms with E-state index < -0.39 is 0 Å². The molecule has 0 fully saturated rings. The Kier molecular flexibility index (Phi) is 4.24. The van der Waals surface area contributed by atoms with Crippen LogP contribution in [0.5, 0.6) is 0 Å². The van der Waals surface area contributed by atoms with Crippen molar-refractivity contribution in [1.82, 2.24) is 4.98 Å². The highest BCUT2D eigenvalue weighted by molar-refractivity contribution is 5.89. The Labute approximate surface area is 134 Å². The average Bonchev–Trinajstić information content (AvgIpc) is 3.01. The number of carbonyl (C=O) groups excluding carboxylic acids is 1. The van der Waals surface area contributed by atoms with Gasteiger partial charge in [-0.1, -0.05) is 47.5 Å². The highest BCUT2D eigenvalue weighted by atomic mass is 16.5. The van der Waals surface area contributed by atoms with E-state index in [4.69, 9.17) is 9.15 Å². The van der Waals surface area contributed by atoms with Crippen LogP contribution < -0.4 is 0 Å². The van der Waals surface area contributed by atoms with Crippen molar-refractivity contribution >= 4 is 5.97 Å². The molecule has 0 atom stereocenters. The maximum absolute atomic E-state index is 12.1. The van der Waals surface area contributed by atoms with Crippen molar-refractivity contribution in [2.24, 2.45) is 0 Å². The number of hydrogen-bond donors (Lipinski definition) is 0. The van der Waals surface area contributed by atoms with Crippen molar-refractivity contribution in [3.63, 3.8) is 0 Å². The molecule has 0 saturated carbocycles. The van der Waals surface area contributed by atoms with Gasteiger partial charge in [-0.15, -0.1) is 0 Å². The molecule has 0 amide bonds. The highest BCUT2D eigenvalue weighted by Crippen LogP contribution is 2.20. The second-order valence-corrected chi connectivity index (χ2v) is 5.44.